The van der Waals surface area contributed by atoms with Crippen molar-refractivity contribution in [3.8, 4) is 0 Å². The number of nitrogens with one attached hydrogen (secondary N) is 2. The highest BCUT2D eigenvalue weighted by molar-refractivity contribution is 5.84. The van der Waals surface area contributed by atoms with Crippen molar-refractivity contribution in [2.45, 2.75) is 19.8 Å². The Morgan fingerprint density at radius 1 is 1.23 bits per heavy atom. The number of nitrogens with zero attached hydrogens (tertiary/aromatic N) is 2. The largest absolute Gasteiger partial charge is 0.356 e. The van der Waals surface area contributed by atoms with Crippen molar-refractivity contribution < 1.29 is 9.18 Å². The zero-order valence-electron chi connectivity index (χ0n) is 13.5. The van der Waals surface area contributed by atoms with Crippen LogP contribution in [0.5, 0.6) is 0 Å². The third-order valence-electron chi connectivity index (χ3n) is 3.06. The molecule has 0 aromatic heterocycles. The van der Waals surface area contributed by atoms with Crippen molar-refractivity contribution in [2.75, 3.05) is 33.7 Å². The maximum absolute atomic E-state index is 13.5. The van der Waals surface area contributed by atoms with Crippen molar-refractivity contribution in [1.82, 2.24) is 15.5 Å². The highest BCUT2D eigenvalue weighted by atomic mass is 19.1. The topological polar surface area (TPSA) is 56.7 Å². The standard InChI is InChI=1S/C16H25FN4O/c1-4-10-18-16(20-12-15(22)21(2)3)19-11-9-13-7-5-6-8-14(13)17/h5-8H,4,9-12H2,1-3H3,(H2,18,19,20). The summed E-state index contributed by atoms with van der Waals surface area (Å²) in [5.41, 5.74) is 0.661. The van der Waals surface area contributed by atoms with Crippen LogP contribution in [0.1, 0.15) is 18.9 Å². The van der Waals surface area contributed by atoms with Gasteiger partial charge in [0.05, 0.1) is 0 Å². The number of amides is 1. The Morgan fingerprint density at radius 3 is 2.55 bits per heavy atom. The summed E-state index contributed by atoms with van der Waals surface area (Å²) in [4.78, 5) is 17.3. The first-order valence-corrected chi connectivity index (χ1v) is 7.50. The van der Waals surface area contributed by atoms with Gasteiger partial charge in [-0.15, -0.1) is 0 Å². The fraction of sp³-hybridized carbons (Fsp3) is 0.500. The van der Waals surface area contributed by atoms with Gasteiger partial charge in [0, 0.05) is 27.2 Å². The molecule has 2 N–H and O–H groups in total. The highest BCUT2D eigenvalue weighted by Crippen LogP contribution is 2.05. The van der Waals surface area contributed by atoms with Crippen LogP contribution in [0, 0.1) is 5.82 Å². The minimum absolute atomic E-state index is 0.0632. The maximum atomic E-state index is 13.5. The van der Waals surface area contributed by atoms with Crippen LogP contribution >= 0.6 is 0 Å². The SMILES string of the molecule is CCCNC(=NCC(=O)N(C)C)NCCc1ccccc1F. The molecule has 0 saturated carbocycles. The average molecular weight is 308 g/mol. The lowest BCUT2D eigenvalue weighted by Crippen LogP contribution is -2.39. The van der Waals surface area contributed by atoms with Gasteiger partial charge in [-0.3, -0.25) is 4.79 Å². The number of likely N-dealkylation sites (N-methyl/N-ethyl adjacent to an activating group) is 1. The number of halogens is 1. The summed E-state index contributed by atoms with van der Waals surface area (Å²) >= 11 is 0. The molecule has 0 spiro atoms. The quantitative estimate of drug-likeness (QED) is 0.591. The van der Waals surface area contributed by atoms with E-state index in [-0.39, 0.29) is 18.3 Å². The van der Waals surface area contributed by atoms with Crippen LogP contribution < -0.4 is 10.6 Å². The lowest BCUT2D eigenvalue weighted by Gasteiger charge is -2.13. The number of guanidine groups is 1. The predicted octanol–water partition coefficient (Wildman–Crippen LogP) is 1.40. The third kappa shape index (κ3) is 6.56. The molecule has 0 bridgehead atoms. The van der Waals surface area contributed by atoms with E-state index in [1.54, 1.807) is 26.2 Å². The minimum Gasteiger partial charge on any atom is -0.356 e. The molecular formula is C16H25FN4O. The van der Waals surface area contributed by atoms with Crippen LogP contribution in [-0.2, 0) is 11.2 Å². The maximum Gasteiger partial charge on any atom is 0.243 e. The van der Waals surface area contributed by atoms with Gasteiger partial charge in [-0.05, 0) is 24.5 Å². The minimum atomic E-state index is -0.202. The third-order valence-corrected chi connectivity index (χ3v) is 3.06. The van der Waals surface area contributed by atoms with Crippen LogP contribution in [0.15, 0.2) is 29.3 Å². The molecule has 122 valence electrons. The average Bonchev–Trinajstić information content (AvgIpc) is 2.50. The van der Waals surface area contributed by atoms with Gasteiger partial charge in [0.1, 0.15) is 12.4 Å². The van der Waals surface area contributed by atoms with Gasteiger partial charge in [-0.25, -0.2) is 9.38 Å². The first kappa shape index (κ1) is 17.9. The molecule has 0 aliphatic heterocycles. The Labute approximate surface area is 131 Å². The number of carbonyl (C=O) groups excluding carboxylic acids is 1. The van der Waals surface area contributed by atoms with Gasteiger partial charge in [0.15, 0.2) is 5.96 Å². The second-order valence-electron chi connectivity index (χ2n) is 5.15. The molecule has 1 rings (SSSR count). The first-order valence-electron chi connectivity index (χ1n) is 7.50. The summed E-state index contributed by atoms with van der Waals surface area (Å²) in [5, 5.41) is 6.27. The summed E-state index contributed by atoms with van der Waals surface area (Å²) in [6, 6.07) is 6.71. The number of aliphatic imine (C=N–C) groups is 1. The number of hydrogen-bond donors (Lipinski definition) is 2. The van der Waals surface area contributed by atoms with E-state index in [1.165, 1.54) is 11.0 Å². The molecule has 0 unspecified atom stereocenters. The van der Waals surface area contributed by atoms with Gasteiger partial charge in [-0.2, -0.15) is 0 Å². The molecule has 0 fully saturated rings. The van der Waals surface area contributed by atoms with E-state index in [1.807, 2.05) is 6.07 Å². The molecule has 22 heavy (non-hydrogen) atoms. The highest BCUT2D eigenvalue weighted by Gasteiger charge is 2.05. The summed E-state index contributed by atoms with van der Waals surface area (Å²) in [6.45, 7) is 3.45. The van der Waals surface area contributed by atoms with Crippen molar-refractivity contribution in [3.05, 3.63) is 35.6 Å². The molecule has 5 nitrogen and oxygen atoms in total. The molecule has 0 aliphatic carbocycles. The molecule has 1 aromatic carbocycles. The molecule has 0 atom stereocenters. The molecule has 0 saturated heterocycles. The van der Waals surface area contributed by atoms with Crippen molar-refractivity contribution in [3.63, 3.8) is 0 Å². The Kier molecular flexibility index (Phi) is 7.96. The van der Waals surface area contributed by atoms with Crippen molar-refractivity contribution >= 4 is 11.9 Å². The Bertz CT molecular complexity index is 503. The van der Waals surface area contributed by atoms with Gasteiger partial charge in [-0.1, -0.05) is 25.1 Å². The van der Waals surface area contributed by atoms with Crippen molar-refractivity contribution in [1.29, 1.82) is 0 Å². The van der Waals surface area contributed by atoms with E-state index < -0.39 is 0 Å². The number of benzene rings is 1. The molecule has 1 amide bonds. The summed E-state index contributed by atoms with van der Waals surface area (Å²) < 4.78 is 13.5. The van der Waals surface area contributed by atoms with Crippen LogP contribution in [0.2, 0.25) is 0 Å². The summed E-state index contributed by atoms with van der Waals surface area (Å²) in [6.07, 6.45) is 1.51. The van der Waals surface area contributed by atoms with Gasteiger partial charge in [0.2, 0.25) is 5.91 Å². The molecule has 0 aliphatic rings. The lowest BCUT2D eigenvalue weighted by molar-refractivity contribution is -0.127. The van der Waals surface area contributed by atoms with Crippen LogP contribution in [0.4, 0.5) is 4.39 Å². The Hall–Kier alpha value is -2.11. The summed E-state index contributed by atoms with van der Waals surface area (Å²) in [7, 11) is 3.39. The zero-order valence-corrected chi connectivity index (χ0v) is 13.5. The van der Waals surface area contributed by atoms with E-state index in [9.17, 15) is 9.18 Å². The Balaban J connectivity index is 2.52. The smallest absolute Gasteiger partial charge is 0.243 e. The number of hydrogen-bond acceptors (Lipinski definition) is 2. The second-order valence-corrected chi connectivity index (χ2v) is 5.15. The summed E-state index contributed by atoms with van der Waals surface area (Å²) in [5.74, 6) is 0.312. The number of carbonyl (C=O) groups is 1. The van der Waals surface area contributed by atoms with E-state index in [2.05, 4.69) is 22.5 Å². The van der Waals surface area contributed by atoms with Crippen LogP contribution in [0.25, 0.3) is 0 Å². The Morgan fingerprint density at radius 2 is 1.91 bits per heavy atom. The second kappa shape index (κ2) is 9.76. The van der Waals surface area contributed by atoms with Gasteiger partial charge >= 0.3 is 0 Å². The van der Waals surface area contributed by atoms with Gasteiger partial charge in [0.25, 0.3) is 0 Å². The monoisotopic (exact) mass is 308 g/mol. The molecular weight excluding hydrogens is 283 g/mol. The normalized spacial score (nSPS) is 11.2. The van der Waals surface area contributed by atoms with E-state index in [0.29, 0.717) is 24.5 Å². The number of rotatable bonds is 7. The molecule has 0 heterocycles. The van der Waals surface area contributed by atoms with Crippen LogP contribution in [0.3, 0.4) is 0 Å². The predicted molar refractivity (Wildman–Crippen MR) is 87.4 cm³/mol. The molecule has 1 aromatic rings. The molecule has 0 radical (unpaired) electrons. The van der Waals surface area contributed by atoms with E-state index in [4.69, 9.17) is 0 Å². The van der Waals surface area contributed by atoms with Crippen molar-refractivity contribution in [2.24, 2.45) is 4.99 Å². The van der Waals surface area contributed by atoms with Crippen LogP contribution in [-0.4, -0.2) is 50.5 Å². The lowest BCUT2D eigenvalue weighted by atomic mass is 10.1. The fourth-order valence-electron chi connectivity index (χ4n) is 1.72. The molecule has 6 heteroatoms. The van der Waals surface area contributed by atoms with E-state index in [0.717, 1.165) is 13.0 Å². The van der Waals surface area contributed by atoms with Gasteiger partial charge < -0.3 is 15.5 Å². The zero-order chi connectivity index (χ0) is 16.4. The first-order chi connectivity index (χ1) is 10.5. The fourth-order valence-corrected chi connectivity index (χ4v) is 1.72. The van der Waals surface area contributed by atoms with E-state index >= 15 is 0 Å².